The number of aromatic amines is 1. The lowest BCUT2D eigenvalue weighted by atomic mass is 10.2. The Morgan fingerprint density at radius 2 is 2.03 bits per heavy atom. The number of fused-ring (bicyclic) bond motifs is 1. The molecule has 1 aliphatic heterocycles. The van der Waals surface area contributed by atoms with Crippen LogP contribution >= 0.6 is 0 Å². The number of amides is 1. The van der Waals surface area contributed by atoms with E-state index in [0.717, 1.165) is 44.0 Å². The van der Waals surface area contributed by atoms with Gasteiger partial charge >= 0.3 is 0 Å². The molecule has 1 amide bonds. The number of hydrogen-bond acceptors (Lipinski definition) is 9. The van der Waals surface area contributed by atoms with Crippen molar-refractivity contribution in [2.24, 2.45) is 0 Å². The molecule has 1 fully saturated rings. The number of methoxy groups -OCH3 is 1. The van der Waals surface area contributed by atoms with E-state index in [2.05, 4.69) is 47.4 Å². The lowest BCUT2D eigenvalue weighted by Gasteiger charge is -2.17. The number of ether oxygens (including phenoxy) is 2. The fourth-order valence-corrected chi connectivity index (χ4v) is 4.27. The van der Waals surface area contributed by atoms with E-state index in [1.54, 1.807) is 31.4 Å². The Labute approximate surface area is 220 Å². The predicted molar refractivity (Wildman–Crippen MR) is 147 cm³/mol. The first-order chi connectivity index (χ1) is 18.6. The molecule has 2 aromatic heterocycles. The molecule has 0 radical (unpaired) electrons. The fourth-order valence-electron chi connectivity index (χ4n) is 4.27. The zero-order valence-electron chi connectivity index (χ0n) is 21.1. The Balaban J connectivity index is 1.26. The molecule has 5 rings (SSSR count). The number of hydrogen-bond donors (Lipinski definition) is 4. The molecule has 1 aliphatic rings. The van der Waals surface area contributed by atoms with Crippen LogP contribution in [-0.4, -0.2) is 70.1 Å². The Morgan fingerprint density at radius 3 is 2.84 bits per heavy atom. The molecule has 2 aromatic carbocycles. The van der Waals surface area contributed by atoms with E-state index in [0.29, 0.717) is 34.6 Å². The van der Waals surface area contributed by atoms with Gasteiger partial charge in [-0.05, 0) is 48.9 Å². The molecule has 196 valence electrons. The zero-order chi connectivity index (χ0) is 26.3. The topological polar surface area (TPSA) is 129 Å². The maximum atomic E-state index is 11.6. The first kappa shape index (κ1) is 25.2. The van der Waals surface area contributed by atoms with E-state index in [4.69, 9.17) is 9.47 Å². The van der Waals surface area contributed by atoms with Crippen LogP contribution in [0.25, 0.3) is 11.2 Å². The number of carbonyl (C=O) groups is 1. The van der Waals surface area contributed by atoms with Crippen molar-refractivity contribution in [2.45, 2.75) is 12.5 Å². The van der Waals surface area contributed by atoms with E-state index >= 15 is 0 Å². The first-order valence-corrected chi connectivity index (χ1v) is 12.4. The molecule has 11 heteroatoms. The third kappa shape index (κ3) is 6.25. The highest BCUT2D eigenvalue weighted by Crippen LogP contribution is 2.29. The first-order valence-electron chi connectivity index (χ1n) is 12.4. The summed E-state index contributed by atoms with van der Waals surface area (Å²) >= 11 is 0. The SMILES string of the molecule is C=CC(=O)Nc1cccc(Oc2nc(Nc3ccc(N[C@H]4CCN(CCOC)C4)cc3)nc3[nH]cnc23)c1. The molecule has 38 heavy (non-hydrogen) atoms. The highest BCUT2D eigenvalue weighted by atomic mass is 16.5. The van der Waals surface area contributed by atoms with Crippen molar-refractivity contribution in [3.63, 3.8) is 0 Å². The normalized spacial score (nSPS) is 15.3. The summed E-state index contributed by atoms with van der Waals surface area (Å²) in [4.78, 5) is 30.4. The smallest absolute Gasteiger partial charge is 0.252 e. The van der Waals surface area contributed by atoms with Crippen molar-refractivity contribution < 1.29 is 14.3 Å². The van der Waals surface area contributed by atoms with Gasteiger partial charge < -0.3 is 30.4 Å². The summed E-state index contributed by atoms with van der Waals surface area (Å²) in [6.07, 6.45) is 3.85. The number of imidazole rings is 1. The molecule has 0 aliphatic carbocycles. The monoisotopic (exact) mass is 514 g/mol. The third-order valence-corrected chi connectivity index (χ3v) is 6.14. The van der Waals surface area contributed by atoms with Crippen LogP contribution in [0, 0.1) is 0 Å². The summed E-state index contributed by atoms with van der Waals surface area (Å²) in [5, 5.41) is 9.56. The van der Waals surface area contributed by atoms with Gasteiger partial charge in [0.2, 0.25) is 11.9 Å². The Kier molecular flexibility index (Phi) is 7.76. The van der Waals surface area contributed by atoms with Gasteiger partial charge in [0, 0.05) is 55.9 Å². The predicted octanol–water partition coefficient (Wildman–Crippen LogP) is 4.15. The number of nitrogens with one attached hydrogen (secondary N) is 4. The van der Waals surface area contributed by atoms with Crippen LogP contribution in [0.4, 0.5) is 23.0 Å². The number of nitrogens with zero attached hydrogens (tertiary/aromatic N) is 4. The van der Waals surface area contributed by atoms with Gasteiger partial charge in [-0.15, -0.1) is 0 Å². The van der Waals surface area contributed by atoms with Crippen molar-refractivity contribution in [1.82, 2.24) is 24.8 Å². The van der Waals surface area contributed by atoms with Crippen LogP contribution in [0.1, 0.15) is 6.42 Å². The summed E-state index contributed by atoms with van der Waals surface area (Å²) in [5.41, 5.74) is 3.50. The van der Waals surface area contributed by atoms with Crippen LogP contribution in [0.2, 0.25) is 0 Å². The molecule has 1 atom stereocenters. The summed E-state index contributed by atoms with van der Waals surface area (Å²) < 4.78 is 11.2. The van der Waals surface area contributed by atoms with Gasteiger partial charge in [0.1, 0.15) is 5.75 Å². The Hall–Kier alpha value is -4.48. The fraction of sp³-hybridized carbons (Fsp3) is 0.259. The van der Waals surface area contributed by atoms with Gasteiger partial charge in [-0.2, -0.15) is 9.97 Å². The summed E-state index contributed by atoms with van der Waals surface area (Å²) in [6.45, 7) is 7.27. The van der Waals surface area contributed by atoms with Crippen LogP contribution in [0.15, 0.2) is 67.5 Å². The molecular weight excluding hydrogens is 484 g/mol. The summed E-state index contributed by atoms with van der Waals surface area (Å²) in [5.74, 6) is 0.824. The number of aromatic nitrogens is 4. The third-order valence-electron chi connectivity index (χ3n) is 6.14. The van der Waals surface area contributed by atoms with Crippen LogP contribution in [0.5, 0.6) is 11.6 Å². The summed E-state index contributed by atoms with van der Waals surface area (Å²) in [6, 6.07) is 15.4. The molecule has 11 nitrogen and oxygen atoms in total. The van der Waals surface area contributed by atoms with E-state index in [9.17, 15) is 4.79 Å². The van der Waals surface area contributed by atoms with Gasteiger partial charge in [-0.25, -0.2) is 4.98 Å². The van der Waals surface area contributed by atoms with E-state index in [1.165, 1.54) is 12.4 Å². The van der Waals surface area contributed by atoms with Crippen molar-refractivity contribution in [3.05, 3.63) is 67.5 Å². The molecule has 0 saturated carbocycles. The Bertz CT molecular complexity index is 1410. The number of anilines is 4. The quantitative estimate of drug-likeness (QED) is 0.218. The average Bonchev–Trinajstić information content (AvgIpc) is 3.58. The summed E-state index contributed by atoms with van der Waals surface area (Å²) in [7, 11) is 1.74. The van der Waals surface area contributed by atoms with Gasteiger partial charge in [0.25, 0.3) is 5.88 Å². The minimum atomic E-state index is -0.307. The van der Waals surface area contributed by atoms with Crippen molar-refractivity contribution in [2.75, 3.05) is 49.3 Å². The molecule has 0 bridgehead atoms. The molecule has 0 unspecified atom stereocenters. The largest absolute Gasteiger partial charge is 0.437 e. The number of H-pyrrole nitrogens is 1. The van der Waals surface area contributed by atoms with Gasteiger partial charge in [-0.3, -0.25) is 9.69 Å². The minimum Gasteiger partial charge on any atom is -0.437 e. The number of likely N-dealkylation sites (tertiary alicyclic amines) is 1. The van der Waals surface area contributed by atoms with Crippen LogP contribution in [-0.2, 0) is 9.53 Å². The lowest BCUT2D eigenvalue weighted by Crippen LogP contribution is -2.28. The second kappa shape index (κ2) is 11.7. The van der Waals surface area contributed by atoms with Crippen molar-refractivity contribution >= 4 is 40.1 Å². The van der Waals surface area contributed by atoms with E-state index in [-0.39, 0.29) is 11.8 Å². The Morgan fingerprint density at radius 1 is 1.18 bits per heavy atom. The number of benzene rings is 2. The molecule has 4 N–H and O–H groups in total. The molecule has 3 heterocycles. The van der Waals surface area contributed by atoms with Crippen molar-refractivity contribution in [1.29, 1.82) is 0 Å². The van der Waals surface area contributed by atoms with Gasteiger partial charge in [0.05, 0.1) is 12.9 Å². The highest BCUT2D eigenvalue weighted by Gasteiger charge is 2.21. The standard InChI is InChI=1S/C27H30N8O3/c1-3-23(36)31-20-5-4-6-22(15-20)38-26-24-25(29-17-28-24)33-27(34-26)32-19-9-7-18(8-10-19)30-21-11-12-35(16-21)13-14-37-2/h3-10,15,17,21,30H,1,11-14,16H2,2H3,(H,31,36)(H2,28,29,32,33,34)/t21-/m0/s1. The van der Waals surface area contributed by atoms with Crippen LogP contribution < -0.4 is 20.7 Å². The molecule has 4 aromatic rings. The van der Waals surface area contributed by atoms with Crippen LogP contribution in [0.3, 0.4) is 0 Å². The van der Waals surface area contributed by atoms with E-state index in [1.807, 2.05) is 24.3 Å². The lowest BCUT2D eigenvalue weighted by molar-refractivity contribution is -0.111. The average molecular weight is 515 g/mol. The number of rotatable bonds is 11. The zero-order valence-corrected chi connectivity index (χ0v) is 21.1. The number of carbonyl (C=O) groups excluding carboxylic acids is 1. The maximum Gasteiger partial charge on any atom is 0.252 e. The minimum absolute atomic E-state index is 0.281. The maximum absolute atomic E-state index is 11.6. The highest BCUT2D eigenvalue weighted by molar-refractivity contribution is 5.99. The van der Waals surface area contributed by atoms with Gasteiger partial charge in [-0.1, -0.05) is 12.6 Å². The van der Waals surface area contributed by atoms with Gasteiger partial charge in [0.15, 0.2) is 11.2 Å². The van der Waals surface area contributed by atoms with Crippen molar-refractivity contribution in [3.8, 4) is 11.6 Å². The molecule has 1 saturated heterocycles. The second-order valence-corrected chi connectivity index (χ2v) is 8.90. The molecular formula is C27H30N8O3. The molecule has 0 spiro atoms. The second-order valence-electron chi connectivity index (χ2n) is 8.90. The van der Waals surface area contributed by atoms with E-state index < -0.39 is 0 Å².